The molecule has 0 saturated heterocycles. The molecule has 0 aliphatic rings. The molecule has 0 amide bonds. The molecule has 84 valence electrons. The van der Waals surface area contributed by atoms with Crippen molar-refractivity contribution in [3.63, 3.8) is 0 Å². The molecular weight excluding hydrogens is 302 g/mol. The summed E-state index contributed by atoms with van der Waals surface area (Å²) < 4.78 is 1.78. The molecule has 2 N–H and O–H groups in total. The molecule has 17 heavy (non-hydrogen) atoms. The summed E-state index contributed by atoms with van der Waals surface area (Å²) >= 11 is 4.69. The van der Waals surface area contributed by atoms with E-state index in [4.69, 9.17) is 5.73 Å². The second-order valence-electron chi connectivity index (χ2n) is 3.52. The zero-order chi connectivity index (χ0) is 12.0. The van der Waals surface area contributed by atoms with Gasteiger partial charge in [0.25, 0.3) is 5.56 Å². The summed E-state index contributed by atoms with van der Waals surface area (Å²) in [4.78, 5) is 19.7. The zero-order valence-electron chi connectivity index (χ0n) is 8.48. The minimum Gasteiger partial charge on any atom is -0.375 e. The summed E-state index contributed by atoms with van der Waals surface area (Å²) in [6, 6.07) is 5.74. The Morgan fingerprint density at radius 3 is 2.94 bits per heavy atom. The number of hydrogen-bond donors (Lipinski definition) is 1. The topological polar surface area (TPSA) is 68.9 Å². The monoisotopic (exact) mass is 307 g/mol. The van der Waals surface area contributed by atoms with Crippen molar-refractivity contribution in [1.82, 2.24) is 9.97 Å². The number of pyridine rings is 1. The molecule has 2 heterocycles. The SMILES string of the molecule is Nc1nc(=O)c2cnc3cc(Br)ccc3c2s1. The lowest BCUT2D eigenvalue weighted by Gasteiger charge is -2.02. The molecule has 3 aromatic rings. The Morgan fingerprint density at radius 1 is 1.29 bits per heavy atom. The van der Waals surface area contributed by atoms with Crippen LogP contribution in [0.4, 0.5) is 5.13 Å². The summed E-state index contributed by atoms with van der Waals surface area (Å²) in [5.74, 6) is 0. The highest BCUT2D eigenvalue weighted by Gasteiger charge is 2.07. The van der Waals surface area contributed by atoms with Gasteiger partial charge in [-0.1, -0.05) is 33.3 Å². The molecule has 0 aliphatic carbocycles. The molecule has 0 atom stereocenters. The van der Waals surface area contributed by atoms with Crippen LogP contribution in [0.5, 0.6) is 0 Å². The predicted octanol–water partition coefficient (Wildman–Crippen LogP) is 2.55. The summed E-state index contributed by atoms with van der Waals surface area (Å²) in [5, 5.41) is 1.71. The largest absolute Gasteiger partial charge is 0.375 e. The minimum atomic E-state index is -0.325. The van der Waals surface area contributed by atoms with Crippen molar-refractivity contribution < 1.29 is 0 Å². The normalized spacial score (nSPS) is 11.1. The van der Waals surface area contributed by atoms with Gasteiger partial charge in [-0.25, -0.2) is 0 Å². The van der Waals surface area contributed by atoms with E-state index < -0.39 is 0 Å². The molecule has 0 unspecified atom stereocenters. The average molecular weight is 308 g/mol. The number of hydrogen-bond acceptors (Lipinski definition) is 5. The van der Waals surface area contributed by atoms with Crippen molar-refractivity contribution in [3.8, 4) is 0 Å². The van der Waals surface area contributed by atoms with Crippen molar-refractivity contribution in [1.29, 1.82) is 0 Å². The van der Waals surface area contributed by atoms with Gasteiger partial charge in [-0.15, -0.1) is 0 Å². The molecule has 0 bridgehead atoms. The number of benzene rings is 1. The first kappa shape index (κ1) is 10.6. The van der Waals surface area contributed by atoms with Crippen LogP contribution in [0.25, 0.3) is 21.0 Å². The fraction of sp³-hybridized carbons (Fsp3) is 0. The van der Waals surface area contributed by atoms with Crippen LogP contribution in [-0.2, 0) is 0 Å². The first-order valence-electron chi connectivity index (χ1n) is 4.80. The molecule has 0 aliphatic heterocycles. The fourth-order valence-electron chi connectivity index (χ4n) is 1.69. The predicted molar refractivity (Wildman–Crippen MR) is 73.3 cm³/mol. The third-order valence-electron chi connectivity index (χ3n) is 2.43. The van der Waals surface area contributed by atoms with Gasteiger partial charge < -0.3 is 5.73 Å². The zero-order valence-corrected chi connectivity index (χ0v) is 10.9. The molecule has 0 radical (unpaired) electrons. The summed E-state index contributed by atoms with van der Waals surface area (Å²) in [5.41, 5.74) is 6.12. The highest BCUT2D eigenvalue weighted by Crippen LogP contribution is 2.28. The van der Waals surface area contributed by atoms with E-state index >= 15 is 0 Å². The Hall–Kier alpha value is -1.53. The Morgan fingerprint density at radius 2 is 2.12 bits per heavy atom. The Bertz CT molecular complexity index is 800. The van der Waals surface area contributed by atoms with Crippen LogP contribution >= 0.6 is 27.3 Å². The molecule has 6 heteroatoms. The van der Waals surface area contributed by atoms with Gasteiger partial charge in [-0.2, -0.15) is 4.98 Å². The summed E-state index contributed by atoms with van der Waals surface area (Å²) in [6.45, 7) is 0. The second kappa shape index (κ2) is 3.75. The van der Waals surface area contributed by atoms with Gasteiger partial charge in [0.2, 0.25) is 0 Å². The molecule has 1 aromatic carbocycles. The molecule has 0 fully saturated rings. The Labute approximate surface area is 108 Å². The number of anilines is 1. The molecule has 4 nitrogen and oxygen atoms in total. The van der Waals surface area contributed by atoms with Crippen LogP contribution < -0.4 is 11.3 Å². The quantitative estimate of drug-likeness (QED) is 0.648. The molecular formula is C11H6BrN3OS. The Balaban J connectivity index is 2.59. The van der Waals surface area contributed by atoms with Crippen LogP contribution in [0.3, 0.4) is 0 Å². The maximum atomic E-state index is 11.7. The maximum Gasteiger partial charge on any atom is 0.282 e. The van der Waals surface area contributed by atoms with Crippen molar-refractivity contribution in [3.05, 3.63) is 39.2 Å². The maximum absolute atomic E-state index is 11.7. The number of nitrogen functional groups attached to an aromatic ring is 1. The average Bonchev–Trinajstić information content (AvgIpc) is 2.27. The number of rotatable bonds is 0. The Kier molecular flexibility index (Phi) is 2.34. The first-order chi connectivity index (χ1) is 8.15. The van der Waals surface area contributed by atoms with Crippen molar-refractivity contribution in [2.75, 3.05) is 5.73 Å². The summed E-state index contributed by atoms with van der Waals surface area (Å²) in [7, 11) is 0. The number of fused-ring (bicyclic) bond motifs is 3. The standard InChI is InChI=1S/C11H6BrN3OS/c12-5-1-2-6-8(3-5)14-4-7-9(6)17-11(13)15-10(7)16/h1-4H,(H2,13,15,16). The van der Waals surface area contributed by atoms with Crippen LogP contribution in [0.15, 0.2) is 33.7 Å². The highest BCUT2D eigenvalue weighted by atomic mass is 79.9. The van der Waals surface area contributed by atoms with Gasteiger partial charge >= 0.3 is 0 Å². The van der Waals surface area contributed by atoms with Crippen LogP contribution in [0.1, 0.15) is 0 Å². The first-order valence-corrected chi connectivity index (χ1v) is 6.41. The number of nitrogens with zero attached hydrogens (tertiary/aromatic N) is 2. The number of aromatic nitrogens is 2. The van der Waals surface area contributed by atoms with Crippen molar-refractivity contribution in [2.45, 2.75) is 0 Å². The van der Waals surface area contributed by atoms with Gasteiger partial charge in [-0.3, -0.25) is 9.78 Å². The van der Waals surface area contributed by atoms with E-state index in [-0.39, 0.29) is 10.7 Å². The number of nitrogens with two attached hydrogens (primary N) is 1. The second-order valence-corrected chi connectivity index (χ2v) is 5.47. The van der Waals surface area contributed by atoms with Gasteiger partial charge in [0.15, 0.2) is 5.13 Å². The van der Waals surface area contributed by atoms with Crippen LogP contribution in [0.2, 0.25) is 0 Å². The molecule has 0 spiro atoms. The van der Waals surface area contributed by atoms with E-state index in [2.05, 4.69) is 25.9 Å². The highest BCUT2D eigenvalue weighted by molar-refractivity contribution is 9.10. The third-order valence-corrected chi connectivity index (χ3v) is 3.87. The fourth-order valence-corrected chi connectivity index (χ4v) is 2.91. The molecule has 0 saturated carbocycles. The van der Waals surface area contributed by atoms with E-state index in [0.717, 1.165) is 20.1 Å². The third kappa shape index (κ3) is 1.69. The smallest absolute Gasteiger partial charge is 0.282 e. The van der Waals surface area contributed by atoms with E-state index in [1.807, 2.05) is 18.2 Å². The summed E-state index contributed by atoms with van der Waals surface area (Å²) in [6.07, 6.45) is 1.55. The molecule has 3 rings (SSSR count). The van der Waals surface area contributed by atoms with Gasteiger partial charge in [0.1, 0.15) is 0 Å². The van der Waals surface area contributed by atoms with Crippen molar-refractivity contribution in [2.24, 2.45) is 0 Å². The van der Waals surface area contributed by atoms with Crippen LogP contribution in [0, 0.1) is 0 Å². The number of halogens is 1. The van der Waals surface area contributed by atoms with E-state index in [0.29, 0.717) is 5.39 Å². The lowest BCUT2D eigenvalue weighted by Crippen LogP contribution is -2.07. The lowest BCUT2D eigenvalue weighted by molar-refractivity contribution is 1.31. The van der Waals surface area contributed by atoms with Gasteiger partial charge in [0.05, 0.1) is 15.6 Å². The molecule has 2 aromatic heterocycles. The van der Waals surface area contributed by atoms with Crippen molar-refractivity contribution >= 4 is 53.4 Å². The minimum absolute atomic E-state index is 0.276. The van der Waals surface area contributed by atoms with E-state index in [1.165, 1.54) is 11.3 Å². The van der Waals surface area contributed by atoms with E-state index in [1.54, 1.807) is 6.20 Å². The van der Waals surface area contributed by atoms with E-state index in [9.17, 15) is 4.79 Å². The van der Waals surface area contributed by atoms with Gasteiger partial charge in [-0.05, 0) is 12.1 Å². The van der Waals surface area contributed by atoms with Crippen LogP contribution in [-0.4, -0.2) is 9.97 Å². The lowest BCUT2D eigenvalue weighted by atomic mass is 10.2. The van der Waals surface area contributed by atoms with Gasteiger partial charge in [0, 0.05) is 16.1 Å².